The summed E-state index contributed by atoms with van der Waals surface area (Å²) in [4.78, 5) is 11.3. The van der Waals surface area contributed by atoms with E-state index in [1.165, 1.54) is 0 Å². The third kappa shape index (κ3) is 4.98. The fraction of sp³-hybridized carbons (Fsp3) is 0.667. The van der Waals surface area contributed by atoms with Gasteiger partial charge in [-0.25, -0.2) is 9.36 Å². The van der Waals surface area contributed by atoms with Gasteiger partial charge in [0.25, 0.3) is 0 Å². The van der Waals surface area contributed by atoms with Crippen LogP contribution in [0, 0.1) is 11.8 Å². The van der Waals surface area contributed by atoms with Crippen LogP contribution >= 0.6 is 7.60 Å². The smallest absolute Gasteiger partial charge is 0.438 e. The van der Waals surface area contributed by atoms with Gasteiger partial charge in [-0.1, -0.05) is 5.92 Å². The van der Waals surface area contributed by atoms with Gasteiger partial charge in [0.2, 0.25) is 0 Å². The molecule has 0 bridgehead atoms. The molecule has 5 nitrogen and oxygen atoms in total. The van der Waals surface area contributed by atoms with E-state index in [2.05, 4.69) is 16.6 Å². The van der Waals surface area contributed by atoms with Crippen molar-refractivity contribution < 1.29 is 23.1 Å². The minimum atomic E-state index is -3.78. The molecule has 0 fully saturated rings. The van der Waals surface area contributed by atoms with Crippen molar-refractivity contribution in [1.82, 2.24) is 0 Å². The summed E-state index contributed by atoms with van der Waals surface area (Å²) in [6, 6.07) is 0. The Morgan fingerprint density at radius 3 is 2.20 bits per heavy atom. The van der Waals surface area contributed by atoms with Crippen molar-refractivity contribution in [3.8, 4) is 11.8 Å². The Bertz CT molecular complexity index is 291. The second-order valence-corrected chi connectivity index (χ2v) is 4.19. The van der Waals surface area contributed by atoms with E-state index in [1.54, 1.807) is 20.8 Å². The molecule has 86 valence electrons. The standard InChI is InChI=1S/C9H15O5P/c1-4-7-8-12-9(10)15(11,13-5-2)14-6-3/h5-6,8H2,1-3H3. The fourth-order valence-electron chi connectivity index (χ4n) is 0.732. The van der Waals surface area contributed by atoms with Crippen molar-refractivity contribution in [1.29, 1.82) is 0 Å². The molecule has 0 N–H and O–H groups in total. The molecule has 0 spiro atoms. The molecule has 6 heteroatoms. The molecule has 0 aliphatic heterocycles. The van der Waals surface area contributed by atoms with E-state index in [0.29, 0.717) is 0 Å². The quantitative estimate of drug-likeness (QED) is 0.521. The average molecular weight is 234 g/mol. The molecule has 0 aromatic heterocycles. The first-order valence-corrected chi connectivity index (χ1v) is 6.11. The van der Waals surface area contributed by atoms with E-state index < -0.39 is 13.3 Å². The number of hydrogen-bond donors (Lipinski definition) is 0. The summed E-state index contributed by atoms with van der Waals surface area (Å²) >= 11 is 0. The molecule has 0 radical (unpaired) electrons. The van der Waals surface area contributed by atoms with Gasteiger partial charge in [-0.05, 0) is 20.8 Å². The Morgan fingerprint density at radius 2 is 1.80 bits per heavy atom. The summed E-state index contributed by atoms with van der Waals surface area (Å²) in [5.41, 5.74) is -0.992. The maximum absolute atomic E-state index is 11.7. The van der Waals surface area contributed by atoms with Gasteiger partial charge in [0.05, 0.1) is 13.2 Å². The molecule has 0 aromatic carbocycles. The highest BCUT2D eigenvalue weighted by atomic mass is 31.2. The van der Waals surface area contributed by atoms with Gasteiger partial charge < -0.3 is 13.8 Å². The van der Waals surface area contributed by atoms with Crippen LogP contribution in [0.1, 0.15) is 20.8 Å². The number of carbonyl (C=O) groups is 1. The van der Waals surface area contributed by atoms with Crippen molar-refractivity contribution in [3.05, 3.63) is 0 Å². The maximum Gasteiger partial charge on any atom is 0.438 e. The van der Waals surface area contributed by atoms with Crippen molar-refractivity contribution in [2.75, 3.05) is 19.8 Å². The molecular weight excluding hydrogens is 219 g/mol. The normalized spacial score (nSPS) is 10.3. The molecule has 0 rings (SSSR count). The summed E-state index contributed by atoms with van der Waals surface area (Å²) in [6.07, 6.45) is 0. The molecule has 0 amide bonds. The van der Waals surface area contributed by atoms with Crippen LogP contribution in [0.4, 0.5) is 4.79 Å². The number of carbonyl (C=O) groups excluding carboxylic acids is 1. The summed E-state index contributed by atoms with van der Waals surface area (Å²) < 4.78 is 25.9. The van der Waals surface area contributed by atoms with Crippen LogP contribution in [-0.2, 0) is 18.3 Å². The summed E-state index contributed by atoms with van der Waals surface area (Å²) in [7, 11) is -3.78. The van der Waals surface area contributed by atoms with Crippen LogP contribution in [0.3, 0.4) is 0 Å². The highest BCUT2D eigenvalue weighted by Crippen LogP contribution is 2.49. The molecule has 15 heavy (non-hydrogen) atoms. The van der Waals surface area contributed by atoms with E-state index in [0.717, 1.165) is 0 Å². The van der Waals surface area contributed by atoms with Crippen LogP contribution in [0.15, 0.2) is 0 Å². The van der Waals surface area contributed by atoms with Gasteiger partial charge in [0, 0.05) is 0 Å². The van der Waals surface area contributed by atoms with Crippen LogP contribution in [0.5, 0.6) is 0 Å². The number of ether oxygens (including phenoxy) is 1. The molecule has 0 unspecified atom stereocenters. The fourth-order valence-corrected chi connectivity index (χ4v) is 1.92. The lowest BCUT2D eigenvalue weighted by Crippen LogP contribution is -2.09. The zero-order valence-electron chi connectivity index (χ0n) is 9.11. The minimum Gasteiger partial charge on any atom is -0.443 e. The van der Waals surface area contributed by atoms with E-state index in [-0.39, 0.29) is 19.8 Å². The third-order valence-electron chi connectivity index (χ3n) is 1.27. The molecular formula is C9H15O5P. The molecule has 0 heterocycles. The summed E-state index contributed by atoms with van der Waals surface area (Å²) in [5, 5.41) is 0. The second kappa shape index (κ2) is 7.47. The first kappa shape index (κ1) is 14.2. The number of rotatable bonds is 6. The topological polar surface area (TPSA) is 61.8 Å². The maximum atomic E-state index is 11.7. The van der Waals surface area contributed by atoms with Crippen LogP contribution in [0.2, 0.25) is 0 Å². The lowest BCUT2D eigenvalue weighted by Gasteiger charge is -2.14. The molecule has 0 aliphatic rings. The highest BCUT2D eigenvalue weighted by Gasteiger charge is 2.36. The summed E-state index contributed by atoms with van der Waals surface area (Å²) in [6.45, 7) is 4.96. The molecule has 0 aliphatic carbocycles. The monoisotopic (exact) mass is 234 g/mol. The van der Waals surface area contributed by atoms with E-state index in [4.69, 9.17) is 9.05 Å². The molecule has 0 saturated carbocycles. The van der Waals surface area contributed by atoms with Crippen molar-refractivity contribution in [3.63, 3.8) is 0 Å². The Morgan fingerprint density at radius 1 is 1.27 bits per heavy atom. The zero-order valence-corrected chi connectivity index (χ0v) is 10.0. The first-order valence-electron chi connectivity index (χ1n) is 4.56. The van der Waals surface area contributed by atoms with E-state index in [1.807, 2.05) is 0 Å². The second-order valence-electron chi connectivity index (χ2n) is 2.31. The van der Waals surface area contributed by atoms with Crippen molar-refractivity contribution in [2.45, 2.75) is 20.8 Å². The highest BCUT2D eigenvalue weighted by molar-refractivity contribution is 7.71. The Kier molecular flexibility index (Phi) is 7.06. The Hall–Kier alpha value is -0.820. The van der Waals surface area contributed by atoms with E-state index >= 15 is 0 Å². The Balaban J connectivity index is 4.39. The largest absolute Gasteiger partial charge is 0.443 e. The van der Waals surface area contributed by atoms with Crippen molar-refractivity contribution >= 4 is 13.3 Å². The predicted molar refractivity (Wildman–Crippen MR) is 55.7 cm³/mol. The Labute approximate surface area is 89.6 Å². The molecule has 0 atom stereocenters. The van der Waals surface area contributed by atoms with Crippen LogP contribution in [-0.4, -0.2) is 25.5 Å². The summed E-state index contributed by atoms with van der Waals surface area (Å²) in [5.74, 6) is 5.05. The number of hydrogen-bond acceptors (Lipinski definition) is 5. The van der Waals surface area contributed by atoms with Gasteiger partial charge >= 0.3 is 13.3 Å². The van der Waals surface area contributed by atoms with Gasteiger partial charge in [-0.2, -0.15) is 0 Å². The molecule has 0 saturated heterocycles. The minimum absolute atomic E-state index is 0.112. The van der Waals surface area contributed by atoms with Crippen molar-refractivity contribution in [2.24, 2.45) is 0 Å². The third-order valence-corrected chi connectivity index (χ3v) is 3.04. The predicted octanol–water partition coefficient (Wildman–Crippen LogP) is 2.41. The van der Waals surface area contributed by atoms with Crippen LogP contribution in [0.25, 0.3) is 0 Å². The van der Waals surface area contributed by atoms with Crippen LogP contribution < -0.4 is 0 Å². The molecule has 0 aromatic rings. The van der Waals surface area contributed by atoms with Gasteiger partial charge in [0.15, 0.2) is 6.61 Å². The average Bonchev–Trinajstić information content (AvgIpc) is 2.18. The lowest BCUT2D eigenvalue weighted by atomic mass is 10.6. The zero-order chi connectivity index (χ0) is 11.7. The first-order chi connectivity index (χ1) is 7.10. The SMILES string of the molecule is CC#CCOC(=O)P(=O)(OCC)OCC. The van der Waals surface area contributed by atoms with Gasteiger partial charge in [-0.15, -0.1) is 5.92 Å². The van der Waals surface area contributed by atoms with Gasteiger partial charge in [0.1, 0.15) is 0 Å². The lowest BCUT2D eigenvalue weighted by molar-refractivity contribution is 0.159. The van der Waals surface area contributed by atoms with Gasteiger partial charge in [-0.3, -0.25) is 0 Å². The van der Waals surface area contributed by atoms with E-state index in [9.17, 15) is 9.36 Å².